The highest BCUT2D eigenvalue weighted by Crippen LogP contribution is 2.35. The highest BCUT2D eigenvalue weighted by Gasteiger charge is 2.35. The summed E-state index contributed by atoms with van der Waals surface area (Å²) >= 11 is 0. The van der Waals surface area contributed by atoms with E-state index in [-0.39, 0.29) is 5.92 Å². The second kappa shape index (κ2) is 5.86. The van der Waals surface area contributed by atoms with Gasteiger partial charge in [0.2, 0.25) is 10.0 Å². The van der Waals surface area contributed by atoms with Gasteiger partial charge in [0, 0.05) is 31.3 Å². The lowest BCUT2D eigenvalue weighted by Crippen LogP contribution is -2.39. The number of hydrogen-bond acceptors (Lipinski definition) is 4. The molecule has 23 heavy (non-hydrogen) atoms. The molecule has 2 saturated carbocycles. The Labute approximate surface area is 137 Å². The summed E-state index contributed by atoms with van der Waals surface area (Å²) in [5.41, 5.74) is 2.11. The lowest BCUT2D eigenvalue weighted by Gasteiger charge is -2.31. The van der Waals surface area contributed by atoms with Crippen LogP contribution in [0.4, 0.5) is 0 Å². The summed E-state index contributed by atoms with van der Waals surface area (Å²) < 4.78 is 33.6. The molecule has 1 aliphatic heterocycles. The normalized spacial score (nSPS) is 25.5. The van der Waals surface area contributed by atoms with E-state index in [1.165, 1.54) is 41.9 Å². The number of ether oxygens (including phenoxy) is 1. The minimum atomic E-state index is -3.20. The van der Waals surface area contributed by atoms with E-state index in [0.29, 0.717) is 19.7 Å². The van der Waals surface area contributed by atoms with Crippen molar-refractivity contribution in [1.82, 2.24) is 13.9 Å². The molecule has 6 nitrogen and oxygen atoms in total. The Hall–Kier alpha value is -0.920. The molecule has 1 aromatic heterocycles. The average molecular weight is 339 g/mol. The molecule has 2 aliphatic carbocycles. The molecule has 3 aliphatic rings. The minimum absolute atomic E-state index is 0.0912. The summed E-state index contributed by atoms with van der Waals surface area (Å²) in [5.74, 6) is 1.59. The molecule has 0 N–H and O–H groups in total. The molecule has 1 aromatic rings. The number of nitrogens with zero attached hydrogens (tertiary/aromatic N) is 3. The number of rotatable bonds is 7. The Morgan fingerprint density at radius 2 is 1.96 bits per heavy atom. The van der Waals surface area contributed by atoms with Crippen molar-refractivity contribution in [3.8, 4) is 0 Å². The molecular weight excluding hydrogens is 314 g/mol. The number of fused-ring (bicyclic) bond motifs is 1. The largest absolute Gasteiger partial charge is 0.380 e. The Balaban J connectivity index is 1.54. The Kier molecular flexibility index (Phi) is 3.98. The van der Waals surface area contributed by atoms with Gasteiger partial charge in [0.1, 0.15) is 0 Å². The summed E-state index contributed by atoms with van der Waals surface area (Å²) in [4.78, 5) is 4.51. The van der Waals surface area contributed by atoms with Crippen LogP contribution in [0.15, 0.2) is 6.33 Å². The maximum Gasteiger partial charge on any atom is 0.211 e. The Morgan fingerprint density at radius 3 is 2.61 bits per heavy atom. The first-order chi connectivity index (χ1) is 11.0. The Morgan fingerprint density at radius 1 is 1.22 bits per heavy atom. The predicted molar refractivity (Wildman–Crippen MR) is 86.5 cm³/mol. The van der Waals surface area contributed by atoms with Crippen LogP contribution >= 0.6 is 0 Å². The van der Waals surface area contributed by atoms with Gasteiger partial charge in [-0.3, -0.25) is 0 Å². The number of imidazole rings is 1. The second-order valence-electron chi connectivity index (χ2n) is 7.41. The fourth-order valence-corrected chi connectivity index (χ4v) is 4.17. The lowest BCUT2D eigenvalue weighted by atomic mass is 10.0. The van der Waals surface area contributed by atoms with E-state index in [4.69, 9.17) is 4.74 Å². The second-order valence-corrected chi connectivity index (χ2v) is 9.39. The van der Waals surface area contributed by atoms with E-state index >= 15 is 0 Å². The van der Waals surface area contributed by atoms with Crippen LogP contribution in [0, 0.1) is 11.8 Å². The van der Waals surface area contributed by atoms with E-state index in [1.807, 2.05) is 6.33 Å². The molecule has 2 heterocycles. The van der Waals surface area contributed by atoms with Gasteiger partial charge in [-0.15, -0.1) is 0 Å². The lowest BCUT2D eigenvalue weighted by molar-refractivity contribution is 0.0995. The summed E-state index contributed by atoms with van der Waals surface area (Å²) in [6.45, 7) is 3.31. The zero-order chi connectivity index (χ0) is 16.0. The van der Waals surface area contributed by atoms with Crippen molar-refractivity contribution in [3.05, 3.63) is 17.7 Å². The average Bonchev–Trinajstić information content (AvgIpc) is 3.39. The van der Waals surface area contributed by atoms with Crippen LogP contribution in [0.1, 0.15) is 43.0 Å². The van der Waals surface area contributed by atoms with Crippen LogP contribution in [0.2, 0.25) is 0 Å². The van der Waals surface area contributed by atoms with Gasteiger partial charge < -0.3 is 9.30 Å². The van der Waals surface area contributed by atoms with Crippen LogP contribution in [-0.4, -0.2) is 48.3 Å². The van der Waals surface area contributed by atoms with Crippen LogP contribution in [0.3, 0.4) is 0 Å². The topological polar surface area (TPSA) is 64.4 Å². The van der Waals surface area contributed by atoms with E-state index in [1.54, 1.807) is 0 Å². The van der Waals surface area contributed by atoms with Gasteiger partial charge in [-0.05, 0) is 37.5 Å². The maximum atomic E-state index is 12.0. The van der Waals surface area contributed by atoms with E-state index in [0.717, 1.165) is 30.7 Å². The zero-order valence-electron chi connectivity index (χ0n) is 13.6. The van der Waals surface area contributed by atoms with E-state index < -0.39 is 10.0 Å². The molecule has 0 aromatic carbocycles. The molecule has 2 fully saturated rings. The molecule has 0 unspecified atom stereocenters. The third kappa shape index (κ3) is 3.61. The Bertz CT molecular complexity index is 677. The van der Waals surface area contributed by atoms with Gasteiger partial charge in [-0.25, -0.2) is 13.4 Å². The quantitative estimate of drug-likeness (QED) is 0.756. The molecule has 0 radical (unpaired) electrons. The van der Waals surface area contributed by atoms with Crippen molar-refractivity contribution in [2.75, 3.05) is 26.0 Å². The van der Waals surface area contributed by atoms with Gasteiger partial charge in [0.25, 0.3) is 0 Å². The molecular formula is C16H25N3O3S. The van der Waals surface area contributed by atoms with Gasteiger partial charge in [0.15, 0.2) is 0 Å². The molecule has 1 atom stereocenters. The number of sulfonamides is 1. The number of hydrogen-bond donors (Lipinski definition) is 0. The first-order valence-electron chi connectivity index (χ1n) is 8.57. The van der Waals surface area contributed by atoms with Crippen molar-refractivity contribution in [1.29, 1.82) is 0 Å². The monoisotopic (exact) mass is 339 g/mol. The van der Waals surface area contributed by atoms with Gasteiger partial charge in [-0.1, -0.05) is 0 Å². The van der Waals surface area contributed by atoms with Crippen LogP contribution in [0.5, 0.6) is 0 Å². The van der Waals surface area contributed by atoms with Gasteiger partial charge in [-0.2, -0.15) is 4.31 Å². The summed E-state index contributed by atoms with van der Waals surface area (Å²) in [7, 11) is -3.20. The molecule has 0 spiro atoms. The van der Waals surface area contributed by atoms with E-state index in [2.05, 4.69) is 9.55 Å². The van der Waals surface area contributed by atoms with Crippen molar-refractivity contribution in [3.63, 3.8) is 0 Å². The smallest absolute Gasteiger partial charge is 0.211 e. The van der Waals surface area contributed by atoms with Crippen molar-refractivity contribution >= 4 is 10.0 Å². The van der Waals surface area contributed by atoms with Crippen molar-refractivity contribution in [2.24, 2.45) is 11.8 Å². The molecule has 0 bridgehead atoms. The fraction of sp³-hybridized carbons (Fsp3) is 0.812. The van der Waals surface area contributed by atoms with Crippen molar-refractivity contribution < 1.29 is 13.2 Å². The van der Waals surface area contributed by atoms with Crippen molar-refractivity contribution in [2.45, 2.75) is 44.7 Å². The maximum absolute atomic E-state index is 12.0. The number of aromatic nitrogens is 2. The van der Waals surface area contributed by atoms with Crippen LogP contribution in [0.25, 0.3) is 0 Å². The van der Waals surface area contributed by atoms with Crippen LogP contribution in [-0.2, 0) is 27.8 Å². The summed E-state index contributed by atoms with van der Waals surface area (Å²) in [6.07, 6.45) is 8.30. The third-order valence-corrected chi connectivity index (χ3v) is 6.30. The highest BCUT2D eigenvalue weighted by molar-refractivity contribution is 7.88. The SMILES string of the molecule is CS(=O)(=O)N1Cc2ncn(CC3CC3)c2[C@H](COCC2CC2)C1. The molecule has 0 saturated heterocycles. The van der Waals surface area contributed by atoms with E-state index in [9.17, 15) is 8.42 Å². The van der Waals surface area contributed by atoms with Gasteiger partial charge >= 0.3 is 0 Å². The molecule has 4 rings (SSSR count). The molecule has 7 heteroatoms. The first kappa shape index (κ1) is 15.6. The predicted octanol–water partition coefficient (Wildman–Crippen LogP) is 1.58. The third-order valence-electron chi connectivity index (χ3n) is 5.09. The summed E-state index contributed by atoms with van der Waals surface area (Å²) in [5, 5.41) is 0. The standard InChI is InChI=1S/C16H25N3O3S/c1-23(20,21)19-7-14(10-22-9-13-4-5-13)16-15(8-19)17-11-18(16)6-12-2-3-12/h11-14H,2-10H2,1H3/t14-/m0/s1. The van der Waals surface area contributed by atoms with Crippen LogP contribution < -0.4 is 0 Å². The summed E-state index contributed by atoms with van der Waals surface area (Å²) in [6, 6.07) is 0. The zero-order valence-corrected chi connectivity index (χ0v) is 14.5. The highest BCUT2D eigenvalue weighted by atomic mass is 32.2. The molecule has 0 amide bonds. The minimum Gasteiger partial charge on any atom is -0.380 e. The van der Waals surface area contributed by atoms with Gasteiger partial charge in [0.05, 0.1) is 31.4 Å². The molecule has 128 valence electrons. The fourth-order valence-electron chi connectivity index (χ4n) is 3.36. The first-order valence-corrected chi connectivity index (χ1v) is 10.4.